The Morgan fingerprint density at radius 3 is 2.77 bits per heavy atom. The van der Waals surface area contributed by atoms with Crippen LogP contribution in [0.1, 0.15) is 33.1 Å². The van der Waals surface area contributed by atoms with Gasteiger partial charge in [0.15, 0.2) is 0 Å². The SMILES string of the molecule is CC(C)CN1CCCCC(CN)C1. The van der Waals surface area contributed by atoms with Crippen molar-refractivity contribution >= 4 is 0 Å². The molecule has 78 valence electrons. The van der Waals surface area contributed by atoms with Gasteiger partial charge >= 0.3 is 0 Å². The van der Waals surface area contributed by atoms with Gasteiger partial charge in [-0.3, -0.25) is 0 Å². The molecule has 0 aromatic carbocycles. The summed E-state index contributed by atoms with van der Waals surface area (Å²) in [5.74, 6) is 1.54. The average Bonchev–Trinajstić information content (AvgIpc) is 2.28. The predicted octanol–water partition coefficient (Wildman–Crippen LogP) is 1.70. The van der Waals surface area contributed by atoms with Crippen molar-refractivity contribution in [1.82, 2.24) is 4.90 Å². The molecule has 0 saturated carbocycles. The van der Waals surface area contributed by atoms with E-state index in [1.54, 1.807) is 0 Å². The van der Waals surface area contributed by atoms with Crippen LogP contribution in [-0.2, 0) is 0 Å². The minimum Gasteiger partial charge on any atom is -0.330 e. The smallest absolute Gasteiger partial charge is 0.00218 e. The number of nitrogens with two attached hydrogens (primary N) is 1. The molecule has 1 atom stereocenters. The summed E-state index contributed by atoms with van der Waals surface area (Å²) in [5.41, 5.74) is 5.74. The molecule has 2 N–H and O–H groups in total. The Bertz CT molecular complexity index is 134. The molecule has 1 rings (SSSR count). The van der Waals surface area contributed by atoms with Crippen molar-refractivity contribution in [2.24, 2.45) is 17.6 Å². The van der Waals surface area contributed by atoms with E-state index in [1.807, 2.05) is 0 Å². The molecule has 1 unspecified atom stereocenters. The fourth-order valence-electron chi connectivity index (χ4n) is 2.19. The lowest BCUT2D eigenvalue weighted by atomic mass is 10.0. The van der Waals surface area contributed by atoms with Crippen molar-refractivity contribution in [1.29, 1.82) is 0 Å². The highest BCUT2D eigenvalue weighted by atomic mass is 15.1. The van der Waals surface area contributed by atoms with Crippen molar-refractivity contribution < 1.29 is 0 Å². The minimum atomic E-state index is 0.751. The molecule has 1 saturated heterocycles. The van der Waals surface area contributed by atoms with Gasteiger partial charge in [0.05, 0.1) is 0 Å². The monoisotopic (exact) mass is 184 g/mol. The van der Waals surface area contributed by atoms with E-state index in [-0.39, 0.29) is 0 Å². The summed E-state index contributed by atoms with van der Waals surface area (Å²) in [6.07, 6.45) is 4.07. The van der Waals surface area contributed by atoms with E-state index in [9.17, 15) is 0 Å². The average molecular weight is 184 g/mol. The zero-order valence-corrected chi connectivity index (χ0v) is 9.13. The van der Waals surface area contributed by atoms with E-state index in [0.29, 0.717) is 0 Å². The summed E-state index contributed by atoms with van der Waals surface area (Å²) in [7, 11) is 0. The number of likely N-dealkylation sites (tertiary alicyclic amines) is 1. The first-order valence-corrected chi connectivity index (χ1v) is 5.64. The molecule has 1 aliphatic rings. The van der Waals surface area contributed by atoms with Gasteiger partial charge in [0.25, 0.3) is 0 Å². The normalized spacial score (nSPS) is 26.3. The van der Waals surface area contributed by atoms with Crippen molar-refractivity contribution in [3.63, 3.8) is 0 Å². The molecule has 0 aromatic rings. The van der Waals surface area contributed by atoms with Crippen molar-refractivity contribution in [3.05, 3.63) is 0 Å². The second kappa shape index (κ2) is 5.61. The van der Waals surface area contributed by atoms with Crippen LogP contribution in [-0.4, -0.2) is 31.1 Å². The molecule has 1 fully saturated rings. The maximum atomic E-state index is 5.74. The summed E-state index contributed by atoms with van der Waals surface area (Å²) in [6.45, 7) is 9.22. The highest BCUT2D eigenvalue weighted by molar-refractivity contribution is 4.72. The van der Waals surface area contributed by atoms with Gasteiger partial charge in [0, 0.05) is 13.1 Å². The maximum Gasteiger partial charge on any atom is 0.00218 e. The lowest BCUT2D eigenvalue weighted by molar-refractivity contribution is 0.226. The molecule has 0 spiro atoms. The van der Waals surface area contributed by atoms with Crippen LogP contribution >= 0.6 is 0 Å². The van der Waals surface area contributed by atoms with Gasteiger partial charge in [-0.2, -0.15) is 0 Å². The minimum absolute atomic E-state index is 0.751. The molecule has 0 aliphatic carbocycles. The third-order valence-electron chi connectivity index (χ3n) is 2.81. The van der Waals surface area contributed by atoms with Gasteiger partial charge < -0.3 is 10.6 Å². The van der Waals surface area contributed by atoms with Crippen molar-refractivity contribution in [2.45, 2.75) is 33.1 Å². The van der Waals surface area contributed by atoms with Crippen molar-refractivity contribution in [3.8, 4) is 0 Å². The van der Waals surface area contributed by atoms with Gasteiger partial charge in [-0.15, -0.1) is 0 Å². The summed E-state index contributed by atoms with van der Waals surface area (Å²) in [5, 5.41) is 0. The first kappa shape index (κ1) is 11.0. The molecular weight excluding hydrogens is 160 g/mol. The van der Waals surface area contributed by atoms with Crippen LogP contribution in [0.2, 0.25) is 0 Å². The number of nitrogens with zero attached hydrogens (tertiary/aromatic N) is 1. The fraction of sp³-hybridized carbons (Fsp3) is 1.00. The predicted molar refractivity (Wildman–Crippen MR) is 57.7 cm³/mol. The van der Waals surface area contributed by atoms with Crippen LogP contribution in [0.15, 0.2) is 0 Å². The molecular formula is C11H24N2. The first-order chi connectivity index (χ1) is 6.22. The maximum absolute atomic E-state index is 5.74. The lowest BCUT2D eigenvalue weighted by Gasteiger charge is -2.25. The molecule has 0 amide bonds. The Morgan fingerprint density at radius 2 is 2.15 bits per heavy atom. The molecule has 0 radical (unpaired) electrons. The van der Waals surface area contributed by atoms with E-state index in [2.05, 4.69) is 18.7 Å². The third-order valence-corrected chi connectivity index (χ3v) is 2.81. The Kier molecular flexibility index (Phi) is 4.74. The molecule has 0 aromatic heterocycles. The molecule has 1 aliphatic heterocycles. The van der Waals surface area contributed by atoms with Crippen LogP contribution < -0.4 is 5.73 Å². The zero-order valence-electron chi connectivity index (χ0n) is 9.13. The van der Waals surface area contributed by atoms with Crippen molar-refractivity contribution in [2.75, 3.05) is 26.2 Å². The van der Waals surface area contributed by atoms with E-state index in [1.165, 1.54) is 38.9 Å². The zero-order chi connectivity index (χ0) is 9.68. The Hall–Kier alpha value is -0.0800. The summed E-state index contributed by atoms with van der Waals surface area (Å²) < 4.78 is 0. The Labute approximate surface area is 82.5 Å². The molecule has 0 bridgehead atoms. The quantitative estimate of drug-likeness (QED) is 0.723. The molecule has 13 heavy (non-hydrogen) atoms. The van der Waals surface area contributed by atoms with Gasteiger partial charge in [0.2, 0.25) is 0 Å². The van der Waals surface area contributed by atoms with E-state index >= 15 is 0 Å². The summed E-state index contributed by atoms with van der Waals surface area (Å²) in [4.78, 5) is 2.59. The van der Waals surface area contributed by atoms with E-state index in [4.69, 9.17) is 5.73 Å². The van der Waals surface area contributed by atoms with Crippen LogP contribution in [0, 0.1) is 11.8 Å². The van der Waals surface area contributed by atoms with Crippen LogP contribution in [0.3, 0.4) is 0 Å². The van der Waals surface area contributed by atoms with Crippen LogP contribution in [0.25, 0.3) is 0 Å². The molecule has 2 heteroatoms. The second-order valence-electron chi connectivity index (χ2n) is 4.75. The van der Waals surface area contributed by atoms with Gasteiger partial charge in [-0.1, -0.05) is 20.3 Å². The van der Waals surface area contributed by atoms with Crippen LogP contribution in [0.4, 0.5) is 0 Å². The highest BCUT2D eigenvalue weighted by Gasteiger charge is 2.17. The van der Waals surface area contributed by atoms with E-state index < -0.39 is 0 Å². The third kappa shape index (κ3) is 4.10. The Balaban J connectivity index is 2.35. The standard InChI is InChI=1S/C11H24N2/c1-10(2)8-13-6-4-3-5-11(7-12)9-13/h10-11H,3-9,12H2,1-2H3. The summed E-state index contributed by atoms with van der Waals surface area (Å²) >= 11 is 0. The molecule has 2 nitrogen and oxygen atoms in total. The van der Waals surface area contributed by atoms with Gasteiger partial charge in [0.1, 0.15) is 0 Å². The molecule has 1 heterocycles. The second-order valence-corrected chi connectivity index (χ2v) is 4.75. The fourth-order valence-corrected chi connectivity index (χ4v) is 2.19. The van der Waals surface area contributed by atoms with Gasteiger partial charge in [-0.05, 0) is 37.8 Å². The highest BCUT2D eigenvalue weighted by Crippen LogP contribution is 2.16. The number of hydrogen-bond acceptors (Lipinski definition) is 2. The summed E-state index contributed by atoms with van der Waals surface area (Å²) in [6, 6.07) is 0. The van der Waals surface area contributed by atoms with E-state index in [0.717, 1.165) is 18.4 Å². The number of rotatable bonds is 3. The largest absolute Gasteiger partial charge is 0.330 e. The topological polar surface area (TPSA) is 29.3 Å². The number of hydrogen-bond donors (Lipinski definition) is 1. The lowest BCUT2D eigenvalue weighted by Crippen LogP contribution is -2.34. The first-order valence-electron chi connectivity index (χ1n) is 5.64. The Morgan fingerprint density at radius 1 is 1.38 bits per heavy atom. The van der Waals surface area contributed by atoms with Gasteiger partial charge in [-0.25, -0.2) is 0 Å². The van der Waals surface area contributed by atoms with Crippen LogP contribution in [0.5, 0.6) is 0 Å².